The smallest absolute Gasteiger partial charge is 0.346 e. The van der Waals surface area contributed by atoms with Gasteiger partial charge in [0.25, 0.3) is 0 Å². The molecular weight excluding hydrogens is 417 g/mol. The van der Waals surface area contributed by atoms with Crippen LogP contribution in [0.5, 0.6) is 0 Å². The van der Waals surface area contributed by atoms with Crippen LogP contribution in [0.25, 0.3) is 44.3 Å². The summed E-state index contributed by atoms with van der Waals surface area (Å²) in [7, 11) is 0. The standard InChI is InChI=1S/C25H17Cl2NO2/c1-2-28-23-18(27)14-13-17(26)21(23)22-19(15-9-5-3-6-10-15)20(25(29)30-24(22)28)16-11-7-4-8-12-16/h3-14H,2H2,1H3. The number of nitrogens with zero attached hydrogens (tertiary/aromatic N) is 1. The van der Waals surface area contributed by atoms with Crippen molar-refractivity contribution < 1.29 is 4.42 Å². The van der Waals surface area contributed by atoms with Gasteiger partial charge in [-0.3, -0.25) is 0 Å². The lowest BCUT2D eigenvalue weighted by Crippen LogP contribution is -2.07. The highest BCUT2D eigenvalue weighted by atomic mass is 35.5. The van der Waals surface area contributed by atoms with Crippen molar-refractivity contribution in [2.75, 3.05) is 0 Å². The number of hydrogen-bond donors (Lipinski definition) is 0. The third-order valence-corrected chi connectivity index (χ3v) is 6.01. The molecule has 0 aliphatic carbocycles. The zero-order valence-corrected chi connectivity index (χ0v) is 17.7. The van der Waals surface area contributed by atoms with Crippen molar-refractivity contribution in [1.29, 1.82) is 0 Å². The van der Waals surface area contributed by atoms with Crippen LogP contribution in [0.4, 0.5) is 0 Å². The van der Waals surface area contributed by atoms with Gasteiger partial charge in [0, 0.05) is 17.5 Å². The molecule has 30 heavy (non-hydrogen) atoms. The summed E-state index contributed by atoms with van der Waals surface area (Å²) in [5.74, 6) is 0. The highest BCUT2D eigenvalue weighted by Gasteiger charge is 2.25. The van der Waals surface area contributed by atoms with E-state index in [1.165, 1.54) is 0 Å². The maximum atomic E-state index is 13.3. The van der Waals surface area contributed by atoms with Crippen molar-refractivity contribution >= 4 is 45.2 Å². The van der Waals surface area contributed by atoms with Gasteiger partial charge in [0.05, 0.1) is 26.5 Å². The van der Waals surface area contributed by atoms with Gasteiger partial charge < -0.3 is 8.98 Å². The monoisotopic (exact) mass is 433 g/mol. The van der Waals surface area contributed by atoms with E-state index in [2.05, 4.69) is 0 Å². The first kappa shape index (κ1) is 19.0. The highest BCUT2D eigenvalue weighted by Crippen LogP contribution is 2.44. The van der Waals surface area contributed by atoms with Crippen molar-refractivity contribution in [2.24, 2.45) is 0 Å². The largest absolute Gasteiger partial charge is 0.405 e. The summed E-state index contributed by atoms with van der Waals surface area (Å²) in [5, 5.41) is 2.72. The first-order valence-electron chi connectivity index (χ1n) is 9.69. The second-order valence-electron chi connectivity index (χ2n) is 7.05. The summed E-state index contributed by atoms with van der Waals surface area (Å²) >= 11 is 13.3. The molecule has 0 aliphatic heterocycles. The molecule has 0 aliphatic rings. The molecule has 0 radical (unpaired) electrons. The lowest BCUT2D eigenvalue weighted by molar-refractivity contribution is 0.532. The van der Waals surface area contributed by atoms with Crippen LogP contribution < -0.4 is 5.63 Å². The summed E-state index contributed by atoms with van der Waals surface area (Å²) in [6, 6.07) is 23.0. The molecule has 5 heteroatoms. The van der Waals surface area contributed by atoms with Crippen LogP contribution in [0.3, 0.4) is 0 Å². The van der Waals surface area contributed by atoms with Crippen LogP contribution in [0, 0.1) is 0 Å². The van der Waals surface area contributed by atoms with E-state index in [9.17, 15) is 4.79 Å². The highest BCUT2D eigenvalue weighted by molar-refractivity contribution is 6.43. The minimum Gasteiger partial charge on any atom is -0.405 e. The van der Waals surface area contributed by atoms with Crippen LogP contribution in [0.15, 0.2) is 82.0 Å². The van der Waals surface area contributed by atoms with E-state index in [0.717, 1.165) is 33.0 Å². The Bertz CT molecular complexity index is 1450. The van der Waals surface area contributed by atoms with Gasteiger partial charge in [-0.05, 0) is 30.2 Å². The van der Waals surface area contributed by atoms with Gasteiger partial charge in [0.1, 0.15) is 0 Å². The van der Waals surface area contributed by atoms with Crippen LogP contribution in [0.2, 0.25) is 10.0 Å². The van der Waals surface area contributed by atoms with E-state index in [0.29, 0.717) is 27.9 Å². The minimum absolute atomic E-state index is 0.391. The number of fused-ring (bicyclic) bond motifs is 3. The van der Waals surface area contributed by atoms with Gasteiger partial charge in [-0.15, -0.1) is 0 Å². The Labute approximate surface area is 183 Å². The normalized spacial score (nSPS) is 11.4. The van der Waals surface area contributed by atoms with Crippen molar-refractivity contribution in [3.63, 3.8) is 0 Å². The van der Waals surface area contributed by atoms with Crippen LogP contribution in [-0.2, 0) is 6.54 Å². The van der Waals surface area contributed by atoms with Gasteiger partial charge in [-0.1, -0.05) is 83.9 Å². The molecule has 0 unspecified atom stereocenters. The predicted molar refractivity (Wildman–Crippen MR) is 125 cm³/mol. The molecule has 3 aromatic carbocycles. The Balaban J connectivity index is 2.11. The molecule has 5 rings (SSSR count). The Morgan fingerprint density at radius 3 is 1.93 bits per heavy atom. The quantitative estimate of drug-likeness (QED) is 0.296. The lowest BCUT2D eigenvalue weighted by Gasteiger charge is -2.11. The SMILES string of the molecule is CCn1c2oc(=O)c(-c3ccccc3)c(-c3ccccc3)c2c2c(Cl)ccc(Cl)c21. The number of hydrogen-bond acceptors (Lipinski definition) is 2. The maximum absolute atomic E-state index is 13.3. The van der Waals surface area contributed by atoms with E-state index in [4.69, 9.17) is 27.6 Å². The molecule has 0 spiro atoms. The predicted octanol–water partition coefficient (Wildman–Crippen LogP) is 7.41. The van der Waals surface area contributed by atoms with Crippen molar-refractivity contribution in [3.8, 4) is 22.3 Å². The van der Waals surface area contributed by atoms with Gasteiger partial charge >= 0.3 is 5.63 Å². The Hall–Kier alpha value is -3.01. The topological polar surface area (TPSA) is 35.1 Å². The van der Waals surface area contributed by atoms with Crippen LogP contribution in [0.1, 0.15) is 6.92 Å². The van der Waals surface area contributed by atoms with E-state index in [-0.39, 0.29) is 0 Å². The molecule has 0 atom stereocenters. The molecule has 5 aromatic rings. The van der Waals surface area contributed by atoms with E-state index in [1.54, 1.807) is 12.1 Å². The molecule has 0 bridgehead atoms. The summed E-state index contributed by atoms with van der Waals surface area (Å²) in [6.45, 7) is 2.57. The number of rotatable bonds is 3. The van der Waals surface area contributed by atoms with E-state index < -0.39 is 5.63 Å². The lowest BCUT2D eigenvalue weighted by atomic mass is 9.93. The molecule has 0 N–H and O–H groups in total. The number of benzene rings is 3. The molecule has 0 saturated heterocycles. The second-order valence-corrected chi connectivity index (χ2v) is 7.86. The fraction of sp³-hybridized carbons (Fsp3) is 0.0800. The summed E-state index contributed by atoms with van der Waals surface area (Å²) in [6.07, 6.45) is 0. The first-order chi connectivity index (χ1) is 14.6. The zero-order chi connectivity index (χ0) is 20.8. The molecular formula is C25H17Cl2NO2. The fourth-order valence-corrected chi connectivity index (χ4v) is 4.66. The third-order valence-electron chi connectivity index (χ3n) is 5.39. The van der Waals surface area contributed by atoms with E-state index >= 15 is 0 Å². The summed E-state index contributed by atoms with van der Waals surface area (Å²) in [5.41, 5.74) is 3.88. The molecule has 2 heterocycles. The molecule has 148 valence electrons. The summed E-state index contributed by atoms with van der Waals surface area (Å²) in [4.78, 5) is 13.3. The maximum Gasteiger partial charge on any atom is 0.346 e. The number of halogens is 2. The third kappa shape index (κ3) is 2.78. The average Bonchev–Trinajstić information content (AvgIpc) is 3.11. The van der Waals surface area contributed by atoms with Gasteiger partial charge in [-0.25, -0.2) is 4.79 Å². The molecule has 2 aromatic heterocycles. The Morgan fingerprint density at radius 1 is 0.767 bits per heavy atom. The second kappa shape index (κ2) is 7.35. The first-order valence-corrected chi connectivity index (χ1v) is 10.4. The van der Waals surface area contributed by atoms with Crippen molar-refractivity contribution in [3.05, 3.63) is 93.3 Å². The molecule has 0 amide bonds. The van der Waals surface area contributed by atoms with Gasteiger partial charge in [0.2, 0.25) is 5.71 Å². The average molecular weight is 434 g/mol. The van der Waals surface area contributed by atoms with Crippen LogP contribution >= 0.6 is 23.2 Å². The minimum atomic E-state index is -0.391. The Kier molecular flexibility index (Phi) is 4.65. The number of aromatic nitrogens is 1. The van der Waals surface area contributed by atoms with Crippen LogP contribution in [-0.4, -0.2) is 4.57 Å². The molecule has 3 nitrogen and oxygen atoms in total. The fourth-order valence-electron chi connectivity index (χ4n) is 4.15. The van der Waals surface area contributed by atoms with Crippen molar-refractivity contribution in [2.45, 2.75) is 13.5 Å². The molecule has 0 saturated carbocycles. The number of aryl methyl sites for hydroxylation is 1. The zero-order valence-electron chi connectivity index (χ0n) is 16.2. The Morgan fingerprint density at radius 2 is 1.33 bits per heavy atom. The molecule has 0 fully saturated rings. The van der Waals surface area contributed by atoms with Gasteiger partial charge in [-0.2, -0.15) is 0 Å². The van der Waals surface area contributed by atoms with E-state index in [1.807, 2.05) is 72.2 Å². The van der Waals surface area contributed by atoms with Gasteiger partial charge in [0.15, 0.2) is 0 Å². The van der Waals surface area contributed by atoms with Crippen molar-refractivity contribution in [1.82, 2.24) is 4.57 Å². The summed E-state index contributed by atoms with van der Waals surface area (Å²) < 4.78 is 7.83.